The van der Waals surface area contributed by atoms with Crippen LogP contribution >= 0.6 is 0 Å². The normalized spacial score (nSPS) is 11.6. The fraction of sp³-hybridized carbons (Fsp3) is 0.190. The van der Waals surface area contributed by atoms with Gasteiger partial charge in [-0.25, -0.2) is 13.7 Å². The molecular formula is C63H66N3+3. The lowest BCUT2D eigenvalue weighted by molar-refractivity contribution is -0.660. The van der Waals surface area contributed by atoms with Crippen LogP contribution < -0.4 is 13.7 Å². The van der Waals surface area contributed by atoms with Crippen molar-refractivity contribution in [3.8, 4) is 67.2 Å². The highest BCUT2D eigenvalue weighted by atomic mass is 14.9. The van der Waals surface area contributed by atoms with E-state index < -0.39 is 6.85 Å². The Labute approximate surface area is 399 Å². The molecule has 0 N–H and O–H groups in total. The molecule has 9 aromatic rings. The maximum absolute atomic E-state index is 7.53. The minimum Gasteiger partial charge on any atom is -0.201 e. The number of rotatable bonds is 6. The fourth-order valence-corrected chi connectivity index (χ4v) is 8.87. The number of hydrogen-bond donors (Lipinski definition) is 0. The molecule has 0 aliphatic carbocycles. The molecule has 9 rings (SSSR count). The average Bonchev–Trinajstić information content (AvgIpc) is 3.33. The molecule has 0 fully saturated rings. The van der Waals surface area contributed by atoms with Gasteiger partial charge in [0, 0.05) is 55.7 Å². The van der Waals surface area contributed by atoms with E-state index in [9.17, 15) is 0 Å². The summed E-state index contributed by atoms with van der Waals surface area (Å²) in [5.41, 5.74) is 25.5. The zero-order chi connectivity index (χ0) is 49.6. The van der Waals surface area contributed by atoms with E-state index in [2.05, 4.69) is 224 Å². The van der Waals surface area contributed by atoms with Crippen LogP contribution in [0.2, 0.25) is 0 Å². The highest BCUT2D eigenvalue weighted by molar-refractivity contribution is 5.76. The number of pyridine rings is 3. The highest BCUT2D eigenvalue weighted by Crippen LogP contribution is 2.33. The molecule has 3 heteroatoms. The average molecular weight is 868 g/mol. The third kappa shape index (κ3) is 10.8. The quantitative estimate of drug-likeness (QED) is 0.148. The van der Waals surface area contributed by atoms with E-state index in [1.54, 1.807) is 12.3 Å². The molecular weight excluding hydrogens is 799 g/mol. The molecule has 3 aromatic heterocycles. The summed E-state index contributed by atoms with van der Waals surface area (Å²) in [6.45, 7) is 15.3. The molecule has 0 saturated heterocycles. The van der Waals surface area contributed by atoms with E-state index in [0.717, 1.165) is 16.8 Å². The van der Waals surface area contributed by atoms with Gasteiger partial charge in [-0.3, -0.25) is 0 Å². The minimum absolute atomic E-state index is 0.354. The van der Waals surface area contributed by atoms with E-state index in [1.165, 1.54) is 94.8 Å². The van der Waals surface area contributed by atoms with Crippen molar-refractivity contribution in [3.63, 3.8) is 0 Å². The molecule has 66 heavy (non-hydrogen) atoms. The van der Waals surface area contributed by atoms with Crippen molar-refractivity contribution < 1.29 is 17.8 Å². The van der Waals surface area contributed by atoms with E-state index in [4.69, 9.17) is 4.11 Å². The van der Waals surface area contributed by atoms with Gasteiger partial charge in [-0.15, -0.1) is 0 Å². The first-order chi connectivity index (χ1) is 32.9. The van der Waals surface area contributed by atoms with Crippen molar-refractivity contribution in [2.24, 2.45) is 21.1 Å². The van der Waals surface area contributed by atoms with Crippen LogP contribution in [0.15, 0.2) is 182 Å². The van der Waals surface area contributed by atoms with Crippen molar-refractivity contribution in [1.29, 1.82) is 0 Å². The molecule has 0 unspecified atom stereocenters. The van der Waals surface area contributed by atoms with Gasteiger partial charge in [0.2, 0.25) is 17.1 Å². The molecule has 0 spiro atoms. The maximum Gasteiger partial charge on any atom is 0.212 e. The monoisotopic (exact) mass is 868 g/mol. The topological polar surface area (TPSA) is 11.6 Å². The lowest BCUT2D eigenvalue weighted by Crippen LogP contribution is -2.31. The number of nitrogens with zero attached hydrogens (tertiary/aromatic N) is 3. The lowest BCUT2D eigenvalue weighted by atomic mass is 9.93. The molecule has 0 aliphatic rings. The molecule has 0 bridgehead atoms. The lowest BCUT2D eigenvalue weighted by Gasteiger charge is -2.12. The van der Waals surface area contributed by atoms with Crippen LogP contribution in [-0.2, 0) is 21.1 Å². The van der Waals surface area contributed by atoms with E-state index in [1.807, 2.05) is 35.9 Å². The summed E-state index contributed by atoms with van der Waals surface area (Å²) in [6.07, 6.45) is 6.08. The van der Waals surface area contributed by atoms with Crippen molar-refractivity contribution in [2.75, 3.05) is 0 Å². The van der Waals surface area contributed by atoms with Crippen LogP contribution in [0.5, 0.6) is 0 Å². The van der Waals surface area contributed by atoms with Crippen molar-refractivity contribution in [2.45, 2.75) is 62.2 Å². The van der Waals surface area contributed by atoms with Gasteiger partial charge < -0.3 is 0 Å². The van der Waals surface area contributed by atoms with Crippen LogP contribution in [0.25, 0.3) is 67.2 Å². The smallest absolute Gasteiger partial charge is 0.201 e. The Bertz CT molecular complexity index is 3250. The summed E-state index contributed by atoms with van der Waals surface area (Å²) >= 11 is 0. The zero-order valence-corrected chi connectivity index (χ0v) is 40.7. The summed E-state index contributed by atoms with van der Waals surface area (Å²) in [5.74, 6) is 0. The van der Waals surface area contributed by atoms with Crippen LogP contribution in [0.4, 0.5) is 0 Å². The van der Waals surface area contributed by atoms with Crippen LogP contribution in [0, 0.1) is 62.2 Å². The van der Waals surface area contributed by atoms with Crippen molar-refractivity contribution >= 4 is 0 Å². The first-order valence-electron chi connectivity index (χ1n) is 24.3. The van der Waals surface area contributed by atoms with E-state index >= 15 is 0 Å². The SMILES string of the molecule is Cc1cc(-c2cc(C)c(-c3ccccc3)cc2C)[n+](C)cc1C.Cc1ccc(-c2cc(C)c(-c3ccccc3)cc2C)[n+](C)c1.[2H]C([2H])([2H])c1ccc(-c2ccc(-c3ccccc3)cc2C)[n+](C)c1. The Balaban J connectivity index is 0.000000153. The van der Waals surface area contributed by atoms with Gasteiger partial charge in [0.15, 0.2) is 18.6 Å². The third-order valence-corrected chi connectivity index (χ3v) is 12.6. The Morgan fingerprint density at radius 3 is 1.20 bits per heavy atom. The largest absolute Gasteiger partial charge is 0.212 e. The Morgan fingerprint density at radius 1 is 0.288 bits per heavy atom. The standard InChI is InChI=1S/C22H24N.C21H22N.C20H20N/c1-15-13-22(23(5)14-18(15)4)21-12-16(2)20(11-17(21)3)19-9-7-6-8-10-19;1-15-10-11-21(22(4)14-15)20-13-16(2)19(12-17(20)3)18-8-6-5-7-9-18;1-15-9-12-20(21(3)14-15)19-11-10-18(13-16(19)2)17-7-5-4-6-8-17/h6-14H,1-5H3;5-14H,1-4H3;4-14H,1-3H3/q3*+1/i;;1D3. The molecule has 3 heterocycles. The van der Waals surface area contributed by atoms with Gasteiger partial charge >= 0.3 is 0 Å². The van der Waals surface area contributed by atoms with Gasteiger partial charge in [0.25, 0.3) is 0 Å². The predicted molar refractivity (Wildman–Crippen MR) is 278 cm³/mol. The molecule has 6 aromatic carbocycles. The van der Waals surface area contributed by atoms with Gasteiger partial charge in [0.05, 0.1) is 0 Å². The molecule has 0 saturated carbocycles. The zero-order valence-electron chi connectivity index (χ0n) is 43.7. The highest BCUT2D eigenvalue weighted by Gasteiger charge is 2.18. The third-order valence-electron chi connectivity index (χ3n) is 12.6. The van der Waals surface area contributed by atoms with Crippen LogP contribution in [-0.4, -0.2) is 0 Å². The summed E-state index contributed by atoms with van der Waals surface area (Å²) in [6, 6.07) is 57.4. The van der Waals surface area contributed by atoms with Gasteiger partial charge in [-0.2, -0.15) is 0 Å². The first-order valence-corrected chi connectivity index (χ1v) is 22.8. The molecule has 330 valence electrons. The Hall–Kier alpha value is -7.23. The van der Waals surface area contributed by atoms with Crippen LogP contribution in [0.1, 0.15) is 54.2 Å². The molecule has 0 amide bonds. The molecule has 0 atom stereocenters. The number of aryl methyl sites for hydroxylation is 12. The number of benzene rings is 6. The molecule has 0 radical (unpaired) electrons. The van der Waals surface area contributed by atoms with Crippen LogP contribution in [0.3, 0.4) is 0 Å². The Kier molecular flexibility index (Phi) is 13.4. The molecule has 3 nitrogen and oxygen atoms in total. The summed E-state index contributed by atoms with van der Waals surface area (Å²) in [4.78, 5) is 0. The summed E-state index contributed by atoms with van der Waals surface area (Å²) in [7, 11) is 6.12. The van der Waals surface area contributed by atoms with Crippen molar-refractivity contribution in [3.05, 3.63) is 232 Å². The second-order valence-electron chi connectivity index (χ2n) is 17.8. The van der Waals surface area contributed by atoms with E-state index in [-0.39, 0.29) is 0 Å². The van der Waals surface area contributed by atoms with Crippen molar-refractivity contribution in [1.82, 2.24) is 0 Å². The van der Waals surface area contributed by atoms with Gasteiger partial charge in [0.1, 0.15) is 21.1 Å². The second kappa shape index (κ2) is 20.7. The number of hydrogen-bond acceptors (Lipinski definition) is 0. The predicted octanol–water partition coefficient (Wildman–Crippen LogP) is 14.3. The summed E-state index contributed by atoms with van der Waals surface area (Å²) < 4.78 is 28.9. The first kappa shape index (κ1) is 42.7. The minimum atomic E-state index is -2.08. The fourth-order valence-electron chi connectivity index (χ4n) is 8.87. The second-order valence-corrected chi connectivity index (χ2v) is 17.8. The maximum atomic E-state index is 7.53. The number of aromatic nitrogens is 3. The van der Waals surface area contributed by atoms with Gasteiger partial charge in [-0.1, -0.05) is 115 Å². The van der Waals surface area contributed by atoms with Gasteiger partial charge in [-0.05, 0) is 159 Å². The van der Waals surface area contributed by atoms with E-state index in [0.29, 0.717) is 5.56 Å². The Morgan fingerprint density at radius 2 is 0.697 bits per heavy atom. The summed E-state index contributed by atoms with van der Waals surface area (Å²) in [5, 5.41) is 0. The molecule has 0 aliphatic heterocycles.